The Balaban J connectivity index is 1.72. The molecule has 0 spiro atoms. The van der Waals surface area contributed by atoms with Gasteiger partial charge in [-0.25, -0.2) is 0 Å². The van der Waals surface area contributed by atoms with Crippen LogP contribution in [0.5, 0.6) is 0 Å². The summed E-state index contributed by atoms with van der Waals surface area (Å²) in [6.45, 7) is 9.24. The molecule has 0 aromatic rings. The summed E-state index contributed by atoms with van der Waals surface area (Å²) in [4.78, 5) is 11.9. The molecule has 3 fully saturated rings. The Kier molecular flexibility index (Phi) is 8.36. The fraction of sp³-hybridized carbons (Fsp3) is 0.767. The summed E-state index contributed by atoms with van der Waals surface area (Å²) in [6, 6.07) is 0.240. The molecule has 0 radical (unpaired) electrons. The molecule has 8 heteroatoms. The van der Waals surface area contributed by atoms with Crippen LogP contribution in [-0.2, 0) is 9.53 Å². The van der Waals surface area contributed by atoms with Crippen molar-refractivity contribution in [2.24, 2.45) is 39.7 Å². The summed E-state index contributed by atoms with van der Waals surface area (Å²) in [5, 5.41) is 7.91. The van der Waals surface area contributed by atoms with E-state index in [0.717, 1.165) is 44.9 Å². The van der Waals surface area contributed by atoms with E-state index in [9.17, 15) is 4.79 Å². The minimum Gasteiger partial charge on any atom is -0.461 e. The number of hydrogen-bond donors (Lipinski definition) is 6. The Morgan fingerprint density at radius 1 is 1.13 bits per heavy atom. The molecule has 0 amide bonds. The van der Waals surface area contributed by atoms with E-state index < -0.39 is 0 Å². The highest BCUT2D eigenvalue weighted by Gasteiger charge is 2.69. The van der Waals surface area contributed by atoms with Crippen molar-refractivity contribution < 1.29 is 9.53 Å². The van der Waals surface area contributed by atoms with Crippen molar-refractivity contribution in [1.82, 2.24) is 10.6 Å². The summed E-state index contributed by atoms with van der Waals surface area (Å²) >= 11 is 0. The monoisotopic (exact) mass is 528 g/mol. The van der Waals surface area contributed by atoms with E-state index in [0.29, 0.717) is 18.4 Å². The number of carbonyl (C=O) groups is 1. The lowest BCUT2D eigenvalue weighted by molar-refractivity contribution is -0.148. The molecule has 10 N–H and O–H groups in total. The van der Waals surface area contributed by atoms with Gasteiger partial charge in [-0.3, -0.25) is 4.79 Å². The number of nitrogens with two attached hydrogens (primary N) is 4. The number of hydrogen-bond acceptors (Lipinski definition) is 8. The fourth-order valence-corrected chi connectivity index (χ4v) is 8.96. The van der Waals surface area contributed by atoms with Crippen molar-refractivity contribution in [2.45, 2.75) is 114 Å². The SMILES string of the molecule is CN[C@]12CCC3C(=CC=C4CC(OC(=O)CN)CC[C@@]43NC(C)C)[C@]1(C)CC[C@]2(C)[C@H](N)/C=C/CC(N)N. The maximum atomic E-state index is 11.9. The quantitative estimate of drug-likeness (QED) is 0.151. The van der Waals surface area contributed by atoms with Crippen molar-refractivity contribution in [3.63, 3.8) is 0 Å². The van der Waals surface area contributed by atoms with Gasteiger partial charge in [-0.05, 0) is 57.6 Å². The van der Waals surface area contributed by atoms with Gasteiger partial charge in [0.25, 0.3) is 0 Å². The van der Waals surface area contributed by atoms with Gasteiger partial charge in [0.2, 0.25) is 0 Å². The summed E-state index contributed by atoms with van der Waals surface area (Å²) in [5.74, 6) is 0.0758. The Hall–Kier alpha value is -1.55. The molecule has 7 atom stereocenters. The van der Waals surface area contributed by atoms with E-state index in [2.05, 4.69) is 69.7 Å². The van der Waals surface area contributed by atoms with Crippen LogP contribution in [0.3, 0.4) is 0 Å². The average molecular weight is 529 g/mol. The Bertz CT molecular complexity index is 991. The van der Waals surface area contributed by atoms with Crippen molar-refractivity contribution >= 4 is 5.97 Å². The Morgan fingerprint density at radius 2 is 1.87 bits per heavy atom. The van der Waals surface area contributed by atoms with Crippen LogP contribution in [0.15, 0.2) is 35.5 Å². The molecule has 4 rings (SSSR count). The lowest BCUT2D eigenvalue weighted by atomic mass is 9.47. The van der Waals surface area contributed by atoms with Crippen LogP contribution in [0.1, 0.15) is 79.1 Å². The molecule has 8 nitrogen and oxygen atoms in total. The molecule has 4 aliphatic rings. The third-order valence-electron chi connectivity index (χ3n) is 10.7. The van der Waals surface area contributed by atoms with E-state index >= 15 is 0 Å². The number of rotatable bonds is 9. The topological polar surface area (TPSA) is 154 Å². The molecule has 0 aromatic heterocycles. The lowest BCUT2D eigenvalue weighted by Crippen LogP contribution is -2.70. The van der Waals surface area contributed by atoms with Gasteiger partial charge >= 0.3 is 5.97 Å². The number of allylic oxidation sites excluding steroid dienone is 2. The number of ether oxygens (including phenoxy) is 1. The Labute approximate surface area is 229 Å². The van der Waals surface area contributed by atoms with Crippen molar-refractivity contribution in [3.05, 3.63) is 35.5 Å². The molecule has 2 unspecified atom stereocenters. The number of esters is 1. The van der Waals surface area contributed by atoms with Crippen molar-refractivity contribution in [2.75, 3.05) is 13.6 Å². The second kappa shape index (κ2) is 10.8. The van der Waals surface area contributed by atoms with Gasteiger partial charge in [-0.2, -0.15) is 0 Å². The first kappa shape index (κ1) is 29.4. The summed E-state index contributed by atoms with van der Waals surface area (Å²) in [7, 11) is 2.12. The Morgan fingerprint density at radius 3 is 2.50 bits per heavy atom. The zero-order chi connectivity index (χ0) is 27.9. The maximum absolute atomic E-state index is 11.9. The normalized spacial score (nSPS) is 39.4. The highest BCUT2D eigenvalue weighted by molar-refractivity contribution is 5.71. The maximum Gasteiger partial charge on any atom is 0.319 e. The molecule has 0 aliphatic heterocycles. The van der Waals surface area contributed by atoms with E-state index in [1.165, 1.54) is 11.1 Å². The predicted octanol–water partition coefficient (Wildman–Crippen LogP) is 2.34. The average Bonchev–Trinajstić information content (AvgIpc) is 3.12. The smallest absolute Gasteiger partial charge is 0.319 e. The van der Waals surface area contributed by atoms with E-state index in [-0.39, 0.29) is 52.7 Å². The van der Waals surface area contributed by atoms with Gasteiger partial charge in [0.1, 0.15) is 6.10 Å². The third-order valence-corrected chi connectivity index (χ3v) is 10.7. The second-order valence-corrected chi connectivity index (χ2v) is 13.0. The first-order valence-corrected chi connectivity index (χ1v) is 14.6. The molecule has 3 saturated carbocycles. The lowest BCUT2D eigenvalue weighted by Gasteiger charge is -2.63. The predicted molar refractivity (Wildman–Crippen MR) is 154 cm³/mol. The van der Waals surface area contributed by atoms with Gasteiger partial charge in [0.05, 0.1) is 12.7 Å². The minimum absolute atomic E-state index is 0.0360. The summed E-state index contributed by atoms with van der Waals surface area (Å²) < 4.78 is 5.70. The van der Waals surface area contributed by atoms with Crippen LogP contribution in [0.25, 0.3) is 0 Å². The number of fused-ring (bicyclic) bond motifs is 5. The highest BCUT2D eigenvalue weighted by atomic mass is 16.5. The van der Waals surface area contributed by atoms with Crippen LogP contribution in [0, 0.1) is 16.7 Å². The summed E-state index contributed by atoms with van der Waals surface area (Å²) in [5.41, 5.74) is 26.5. The van der Waals surface area contributed by atoms with E-state index in [1.54, 1.807) is 0 Å². The van der Waals surface area contributed by atoms with Crippen LogP contribution >= 0.6 is 0 Å². The molecule has 4 aliphatic carbocycles. The zero-order valence-electron chi connectivity index (χ0n) is 24.2. The molecule has 0 bridgehead atoms. The van der Waals surface area contributed by atoms with E-state index in [4.69, 9.17) is 27.7 Å². The van der Waals surface area contributed by atoms with Crippen LogP contribution in [0.4, 0.5) is 0 Å². The molecule has 38 heavy (non-hydrogen) atoms. The van der Waals surface area contributed by atoms with Gasteiger partial charge in [-0.15, -0.1) is 0 Å². The van der Waals surface area contributed by atoms with Crippen molar-refractivity contribution in [1.29, 1.82) is 0 Å². The molecule has 214 valence electrons. The molecule has 0 heterocycles. The highest BCUT2D eigenvalue weighted by Crippen LogP contribution is 2.69. The summed E-state index contributed by atoms with van der Waals surface area (Å²) in [6.07, 6.45) is 15.9. The third kappa shape index (κ3) is 4.51. The van der Waals surface area contributed by atoms with Crippen LogP contribution in [-0.4, -0.2) is 55.0 Å². The van der Waals surface area contributed by atoms with Crippen LogP contribution < -0.4 is 33.6 Å². The fourth-order valence-electron chi connectivity index (χ4n) is 8.96. The molecular weight excluding hydrogens is 476 g/mol. The zero-order valence-corrected chi connectivity index (χ0v) is 24.2. The van der Waals surface area contributed by atoms with Gasteiger partial charge in [0, 0.05) is 46.3 Å². The largest absolute Gasteiger partial charge is 0.461 e. The molecule has 0 saturated heterocycles. The second-order valence-electron chi connectivity index (χ2n) is 13.0. The molecule has 0 aromatic carbocycles. The number of nitrogens with one attached hydrogen (secondary N) is 2. The first-order valence-electron chi connectivity index (χ1n) is 14.6. The van der Waals surface area contributed by atoms with Gasteiger partial charge in [-0.1, -0.05) is 57.6 Å². The van der Waals surface area contributed by atoms with E-state index in [1.807, 2.05) is 0 Å². The van der Waals surface area contributed by atoms with Gasteiger partial charge in [0.15, 0.2) is 0 Å². The first-order chi connectivity index (χ1) is 17.9. The molecular formula is C30H52N6O2. The van der Waals surface area contributed by atoms with Gasteiger partial charge < -0.3 is 38.3 Å². The van der Waals surface area contributed by atoms with Crippen LogP contribution in [0.2, 0.25) is 0 Å². The van der Waals surface area contributed by atoms with Crippen molar-refractivity contribution in [3.8, 4) is 0 Å². The minimum atomic E-state index is -0.360. The number of carbonyl (C=O) groups excluding carboxylic acids is 1. The standard InChI is InChI=1S/C30H52N6O2/c1-19(2)36-29-13-11-21(38-26(37)18-31)17-20(29)9-10-22-23(29)12-14-30(35-5)27(22,3)15-16-28(30,4)24(32)7-6-8-25(33)34/h6-7,9-10,19,21,23-25,35-36H,8,11-18,31-34H2,1-5H3/b7-6+/t21?,23?,24-,27+,28-,29-,30-/m1/s1.